The fourth-order valence-corrected chi connectivity index (χ4v) is 1.31. The number of carbonyl (C=O) groups is 1. The Hall–Kier alpha value is -1.47. The monoisotopic (exact) mass is 242 g/mol. The molecule has 0 fully saturated rings. The topological polar surface area (TPSA) is 102 Å². The third-order valence-corrected chi connectivity index (χ3v) is 1.90. The maximum atomic E-state index is 11.1. The van der Waals surface area contributed by atoms with Gasteiger partial charge in [0.05, 0.1) is 12.7 Å². The van der Waals surface area contributed by atoms with Gasteiger partial charge in [-0.2, -0.15) is 0 Å². The van der Waals surface area contributed by atoms with Gasteiger partial charge in [-0.1, -0.05) is 0 Å². The molecular weight excluding hydrogens is 228 g/mol. The summed E-state index contributed by atoms with van der Waals surface area (Å²) in [6.45, 7) is 1.75. The van der Waals surface area contributed by atoms with Crippen molar-refractivity contribution < 1.29 is 9.53 Å². The van der Waals surface area contributed by atoms with Gasteiger partial charge in [-0.05, 0) is 31.8 Å². The molecule has 1 rings (SSSR count). The zero-order valence-corrected chi connectivity index (χ0v) is 10.2. The number of carbonyl (C=O) groups excluding carboxylic acids is 1. The van der Waals surface area contributed by atoms with E-state index in [-0.39, 0.29) is 5.69 Å². The van der Waals surface area contributed by atoms with Crippen molar-refractivity contribution in [1.82, 2.24) is 9.97 Å². The highest BCUT2D eigenvalue weighted by molar-refractivity contribution is 8.11. The molecule has 0 spiro atoms. The molecule has 88 valence electrons. The number of thioether (sulfide) groups is 1. The number of rotatable bonds is 3. The highest BCUT2D eigenvalue weighted by Gasteiger charge is 2.09. The fourth-order valence-electron chi connectivity index (χ4n) is 0.856. The van der Waals surface area contributed by atoms with E-state index in [4.69, 9.17) is 5.41 Å². The summed E-state index contributed by atoms with van der Waals surface area (Å²) in [4.78, 5) is 19.1. The Balaban J connectivity index is 0.00000106. The molecule has 0 aliphatic heterocycles. The molecule has 0 aliphatic carbocycles. The van der Waals surface area contributed by atoms with Crippen LogP contribution >= 0.6 is 11.8 Å². The predicted molar refractivity (Wildman–Crippen MR) is 62.9 cm³/mol. The van der Waals surface area contributed by atoms with Gasteiger partial charge in [0.1, 0.15) is 0 Å². The molecule has 1 aromatic rings. The minimum Gasteiger partial charge on any atom is -0.464 e. The number of aromatic nitrogens is 2. The van der Waals surface area contributed by atoms with Crippen molar-refractivity contribution in [2.24, 2.45) is 5.73 Å². The van der Waals surface area contributed by atoms with E-state index in [1.54, 1.807) is 13.0 Å². The number of esters is 1. The Bertz CT molecular complexity index is 371. The summed E-state index contributed by atoms with van der Waals surface area (Å²) in [5, 5.41) is 7.25. The van der Waals surface area contributed by atoms with Crippen LogP contribution in [0.5, 0.6) is 0 Å². The normalized spacial score (nSPS) is 8.75. The first-order valence-electron chi connectivity index (χ1n) is 4.34. The van der Waals surface area contributed by atoms with Gasteiger partial charge in [-0.25, -0.2) is 14.8 Å². The summed E-state index contributed by atoms with van der Waals surface area (Å²) in [7, 11) is 2.79. The number of nitrogens with zero attached hydrogens (tertiary/aromatic N) is 2. The molecule has 0 radical (unpaired) electrons. The van der Waals surface area contributed by atoms with Crippen molar-refractivity contribution in [3.05, 3.63) is 17.5 Å². The minimum atomic E-state index is -0.498. The molecule has 1 aromatic heterocycles. The van der Waals surface area contributed by atoms with Crippen LogP contribution in [0.25, 0.3) is 0 Å². The Morgan fingerprint density at radius 3 is 2.69 bits per heavy atom. The summed E-state index contributed by atoms with van der Waals surface area (Å²) >= 11 is 1.04. The second kappa shape index (κ2) is 7.77. The molecule has 3 N–H and O–H groups in total. The van der Waals surface area contributed by atoms with Gasteiger partial charge in [0.25, 0.3) is 0 Å². The minimum absolute atomic E-state index is 0.212. The lowest BCUT2D eigenvalue weighted by molar-refractivity contribution is 0.0592. The standard InChI is InChI=1S/C8H9N3O2S.CH5N/c1-5-3-6(7(12)13-2)11-8(10-5)14-4-9;1-2/h3-4,9H,1-2H3;2H2,1H3. The lowest BCUT2D eigenvalue weighted by atomic mass is 10.3. The molecule has 0 aliphatic rings. The van der Waals surface area contributed by atoms with E-state index in [9.17, 15) is 4.79 Å². The Kier molecular flexibility index (Phi) is 7.06. The average molecular weight is 242 g/mol. The number of hydrogen-bond donors (Lipinski definition) is 2. The van der Waals surface area contributed by atoms with Crippen LogP contribution in [0.4, 0.5) is 0 Å². The Labute approximate surface area is 98.1 Å². The molecule has 0 unspecified atom stereocenters. The number of hydrogen-bond acceptors (Lipinski definition) is 7. The second-order valence-corrected chi connectivity index (χ2v) is 3.24. The van der Waals surface area contributed by atoms with Gasteiger partial charge in [-0.15, -0.1) is 0 Å². The van der Waals surface area contributed by atoms with E-state index in [2.05, 4.69) is 20.4 Å². The van der Waals surface area contributed by atoms with Crippen molar-refractivity contribution in [3.63, 3.8) is 0 Å². The largest absolute Gasteiger partial charge is 0.464 e. The van der Waals surface area contributed by atoms with E-state index < -0.39 is 5.97 Å². The van der Waals surface area contributed by atoms with Crippen LogP contribution in [0.1, 0.15) is 16.2 Å². The smallest absolute Gasteiger partial charge is 0.356 e. The second-order valence-electron chi connectivity index (χ2n) is 2.40. The van der Waals surface area contributed by atoms with Crippen LogP contribution in [0, 0.1) is 12.3 Å². The van der Waals surface area contributed by atoms with E-state index in [0.717, 1.165) is 17.3 Å². The molecule has 0 saturated heterocycles. The number of nitrogens with two attached hydrogens (primary N) is 1. The molecule has 6 nitrogen and oxygen atoms in total. The fraction of sp³-hybridized carbons (Fsp3) is 0.333. The van der Waals surface area contributed by atoms with Gasteiger partial charge >= 0.3 is 5.97 Å². The van der Waals surface area contributed by atoms with E-state index in [0.29, 0.717) is 10.9 Å². The van der Waals surface area contributed by atoms with Crippen LogP contribution in [0.15, 0.2) is 11.2 Å². The Morgan fingerprint density at radius 1 is 1.56 bits per heavy atom. The first-order chi connectivity index (χ1) is 7.67. The third-order valence-electron chi connectivity index (χ3n) is 1.39. The number of ether oxygens (including phenoxy) is 1. The van der Waals surface area contributed by atoms with E-state index in [1.807, 2.05) is 0 Å². The van der Waals surface area contributed by atoms with Gasteiger partial charge in [0.2, 0.25) is 0 Å². The molecular formula is C9H14N4O2S. The highest BCUT2D eigenvalue weighted by Crippen LogP contribution is 2.11. The molecule has 0 saturated carbocycles. The zero-order chi connectivity index (χ0) is 12.6. The zero-order valence-electron chi connectivity index (χ0n) is 9.35. The molecule has 0 amide bonds. The van der Waals surface area contributed by atoms with Gasteiger partial charge in [0, 0.05) is 5.69 Å². The summed E-state index contributed by atoms with van der Waals surface area (Å²) < 4.78 is 4.53. The van der Waals surface area contributed by atoms with Gasteiger partial charge in [-0.3, -0.25) is 0 Å². The first kappa shape index (κ1) is 14.5. The van der Waals surface area contributed by atoms with E-state index >= 15 is 0 Å². The Morgan fingerprint density at radius 2 is 2.19 bits per heavy atom. The third kappa shape index (κ3) is 4.37. The molecule has 0 bridgehead atoms. The highest BCUT2D eigenvalue weighted by atomic mass is 32.2. The predicted octanol–water partition coefficient (Wildman–Crippen LogP) is 0.846. The van der Waals surface area contributed by atoms with Crippen molar-refractivity contribution >= 4 is 23.3 Å². The van der Waals surface area contributed by atoms with Crippen LogP contribution in [-0.2, 0) is 4.74 Å². The lowest BCUT2D eigenvalue weighted by Gasteiger charge is -2.01. The van der Waals surface area contributed by atoms with Crippen LogP contribution < -0.4 is 5.73 Å². The van der Waals surface area contributed by atoms with Crippen molar-refractivity contribution in [3.8, 4) is 0 Å². The summed E-state index contributed by atoms with van der Waals surface area (Å²) in [5.74, 6) is -0.498. The maximum Gasteiger partial charge on any atom is 0.356 e. The number of nitrogens with one attached hydrogen (secondary N) is 1. The number of aryl methyl sites for hydroxylation is 1. The van der Waals surface area contributed by atoms with Crippen LogP contribution in [-0.4, -0.2) is 35.6 Å². The molecule has 0 aromatic carbocycles. The first-order valence-corrected chi connectivity index (χ1v) is 5.22. The molecule has 0 atom stereocenters. The molecule has 1 heterocycles. The number of methoxy groups -OCH3 is 1. The van der Waals surface area contributed by atoms with Gasteiger partial charge < -0.3 is 15.9 Å². The molecule has 16 heavy (non-hydrogen) atoms. The molecule has 7 heteroatoms. The summed E-state index contributed by atoms with van der Waals surface area (Å²) in [6.07, 6.45) is 0. The summed E-state index contributed by atoms with van der Waals surface area (Å²) in [6, 6.07) is 1.54. The lowest BCUT2D eigenvalue weighted by Crippen LogP contribution is -2.06. The van der Waals surface area contributed by atoms with E-state index in [1.165, 1.54) is 14.2 Å². The van der Waals surface area contributed by atoms with Gasteiger partial charge in [0.15, 0.2) is 10.9 Å². The van der Waals surface area contributed by atoms with Crippen molar-refractivity contribution in [2.75, 3.05) is 14.2 Å². The summed E-state index contributed by atoms with van der Waals surface area (Å²) in [5.41, 5.74) is 6.49. The van der Waals surface area contributed by atoms with Crippen LogP contribution in [0.3, 0.4) is 0 Å². The quantitative estimate of drug-likeness (QED) is 0.268. The van der Waals surface area contributed by atoms with Crippen molar-refractivity contribution in [1.29, 1.82) is 5.41 Å². The average Bonchev–Trinajstić information content (AvgIpc) is 2.30. The maximum absolute atomic E-state index is 11.1. The van der Waals surface area contributed by atoms with Crippen LogP contribution in [0.2, 0.25) is 0 Å². The van der Waals surface area contributed by atoms with Crippen molar-refractivity contribution in [2.45, 2.75) is 12.1 Å². The SMILES string of the molecule is CN.COC(=O)c1cc(C)nc(SC=N)n1.